The first-order chi connectivity index (χ1) is 7.99. The number of hydrogen-bond acceptors (Lipinski definition) is 3. The van der Waals surface area contributed by atoms with Crippen molar-refractivity contribution in [1.29, 1.82) is 0 Å². The van der Waals surface area contributed by atoms with Crippen molar-refractivity contribution in [2.45, 2.75) is 18.2 Å². The molecule has 0 saturated carbocycles. The van der Waals surface area contributed by atoms with Gasteiger partial charge in [-0.05, 0) is 11.1 Å². The van der Waals surface area contributed by atoms with Crippen molar-refractivity contribution < 1.29 is 18.3 Å². The van der Waals surface area contributed by atoms with E-state index in [4.69, 9.17) is 0 Å². The summed E-state index contributed by atoms with van der Waals surface area (Å²) >= 11 is 3.06. The molecule has 0 unspecified atom stereocenters. The van der Waals surface area contributed by atoms with E-state index in [0.717, 1.165) is 6.07 Å². The largest absolute Gasteiger partial charge is 0.469 e. The molecule has 0 bridgehead atoms. The van der Waals surface area contributed by atoms with Gasteiger partial charge in [0.2, 0.25) is 5.56 Å². The minimum Gasteiger partial charge on any atom is -0.469 e. The molecule has 1 N–H and O–H groups in total. The van der Waals surface area contributed by atoms with Crippen molar-refractivity contribution in [2.24, 2.45) is 0 Å². The Labute approximate surface area is 104 Å². The van der Waals surface area contributed by atoms with Crippen LogP contribution in [0.5, 0.6) is 0 Å². The van der Waals surface area contributed by atoms with E-state index >= 15 is 0 Å². The summed E-state index contributed by atoms with van der Waals surface area (Å²) in [5.41, 5.74) is -0.671. The molecule has 1 aromatic heterocycles. The predicted molar refractivity (Wildman–Crippen MR) is 60.4 cm³/mol. The molecule has 1 rings (SSSR count). The summed E-state index contributed by atoms with van der Waals surface area (Å²) in [5.74, 6) is -0.585. The summed E-state index contributed by atoms with van der Waals surface area (Å²) in [7, 11) is 1.19. The number of aromatic amines is 1. The predicted octanol–water partition coefficient (Wildman–Crippen LogP) is 1.92. The first kappa shape index (κ1) is 13.8. The Morgan fingerprint density at radius 3 is 2.71 bits per heavy atom. The normalized spacial score (nSPS) is 10.6. The zero-order valence-corrected chi connectivity index (χ0v) is 10.5. The molecule has 0 aliphatic rings. The number of alkyl halides is 3. The fourth-order valence-corrected chi connectivity index (χ4v) is 2.05. The van der Waals surface area contributed by atoms with Crippen LogP contribution in [0.2, 0.25) is 0 Å². The Morgan fingerprint density at radius 2 is 2.24 bits per heavy atom. The molecule has 0 saturated heterocycles. The molecule has 1 aromatic rings. The van der Waals surface area contributed by atoms with Gasteiger partial charge in [0.25, 0.3) is 6.43 Å². The van der Waals surface area contributed by atoms with Gasteiger partial charge in [-0.2, -0.15) is 0 Å². The highest BCUT2D eigenvalue weighted by Crippen LogP contribution is 2.24. The minimum atomic E-state index is -2.80. The lowest BCUT2D eigenvalue weighted by Crippen LogP contribution is -2.16. The van der Waals surface area contributed by atoms with E-state index in [-0.39, 0.29) is 22.9 Å². The van der Waals surface area contributed by atoms with E-state index in [2.05, 4.69) is 25.7 Å². The minimum absolute atomic E-state index is 0.121. The van der Waals surface area contributed by atoms with Gasteiger partial charge in [-0.1, -0.05) is 15.9 Å². The lowest BCUT2D eigenvalue weighted by molar-refractivity contribution is -0.139. The second-order valence-electron chi connectivity index (χ2n) is 3.24. The fraction of sp³-hybridized carbons (Fsp3) is 0.400. The molecule has 0 spiro atoms. The third kappa shape index (κ3) is 3.36. The number of H-pyrrole nitrogens is 1. The van der Waals surface area contributed by atoms with Crippen molar-refractivity contribution in [3.8, 4) is 0 Å². The van der Waals surface area contributed by atoms with Crippen LogP contribution in [0.3, 0.4) is 0 Å². The zero-order chi connectivity index (χ0) is 13.0. The van der Waals surface area contributed by atoms with Gasteiger partial charge in [0.05, 0.1) is 19.2 Å². The number of ether oxygens (including phenoxy) is 1. The van der Waals surface area contributed by atoms with Crippen molar-refractivity contribution in [3.05, 3.63) is 33.2 Å². The second-order valence-corrected chi connectivity index (χ2v) is 3.80. The maximum atomic E-state index is 12.7. The lowest BCUT2D eigenvalue weighted by Gasteiger charge is -2.11. The van der Waals surface area contributed by atoms with Gasteiger partial charge in [-0.25, -0.2) is 8.78 Å². The lowest BCUT2D eigenvalue weighted by atomic mass is 10.1. The van der Waals surface area contributed by atoms with Crippen LogP contribution in [0.1, 0.15) is 23.2 Å². The van der Waals surface area contributed by atoms with E-state index in [1.165, 1.54) is 7.11 Å². The van der Waals surface area contributed by atoms with E-state index in [9.17, 15) is 18.4 Å². The molecule has 7 heteroatoms. The van der Waals surface area contributed by atoms with E-state index in [0.29, 0.717) is 0 Å². The number of aromatic nitrogens is 1. The molecule has 17 heavy (non-hydrogen) atoms. The van der Waals surface area contributed by atoms with E-state index in [1.54, 1.807) is 0 Å². The summed E-state index contributed by atoms with van der Waals surface area (Å²) < 4.78 is 29.8. The van der Waals surface area contributed by atoms with Gasteiger partial charge in [0.1, 0.15) is 0 Å². The number of halogens is 3. The van der Waals surface area contributed by atoms with Crippen LogP contribution in [-0.2, 0) is 21.3 Å². The standard InChI is InChI=1S/C10H10BrF2NO3/c1-17-8(16)3-5-2-7(15)14-9(10(12)13)6(5)4-11/h2,10H,3-4H2,1H3,(H,14,15). The Morgan fingerprint density at radius 1 is 1.59 bits per heavy atom. The summed E-state index contributed by atoms with van der Waals surface area (Å²) in [5, 5.41) is 0.121. The van der Waals surface area contributed by atoms with Gasteiger partial charge in [0.15, 0.2) is 0 Å². The fourth-order valence-electron chi connectivity index (χ4n) is 1.39. The molecule has 0 aromatic carbocycles. The molecule has 1 heterocycles. The highest BCUT2D eigenvalue weighted by Gasteiger charge is 2.19. The average Bonchev–Trinajstić information content (AvgIpc) is 2.28. The van der Waals surface area contributed by atoms with Gasteiger partial charge in [-0.15, -0.1) is 0 Å². The Kier molecular flexibility index (Phi) is 4.80. The van der Waals surface area contributed by atoms with Crippen molar-refractivity contribution in [3.63, 3.8) is 0 Å². The third-order valence-electron chi connectivity index (χ3n) is 2.19. The molecule has 0 radical (unpaired) electrons. The zero-order valence-electron chi connectivity index (χ0n) is 8.93. The first-order valence-corrected chi connectivity index (χ1v) is 5.77. The SMILES string of the molecule is COC(=O)Cc1cc(=O)[nH]c(C(F)F)c1CBr. The number of esters is 1. The third-order valence-corrected chi connectivity index (χ3v) is 2.75. The summed E-state index contributed by atoms with van der Waals surface area (Å²) in [6.07, 6.45) is -3.01. The molecular weight excluding hydrogens is 300 g/mol. The summed E-state index contributed by atoms with van der Waals surface area (Å²) in [6.45, 7) is 0. The topological polar surface area (TPSA) is 59.2 Å². The second kappa shape index (κ2) is 5.90. The summed E-state index contributed by atoms with van der Waals surface area (Å²) in [6, 6.07) is 1.12. The molecule has 0 aliphatic heterocycles. The van der Waals surface area contributed by atoms with Crippen LogP contribution in [0.4, 0.5) is 8.78 Å². The van der Waals surface area contributed by atoms with Gasteiger partial charge < -0.3 is 9.72 Å². The van der Waals surface area contributed by atoms with E-state index < -0.39 is 23.6 Å². The molecule has 0 fully saturated rings. The van der Waals surface area contributed by atoms with E-state index in [1.807, 2.05) is 0 Å². The Balaban J connectivity index is 3.28. The number of rotatable bonds is 4. The maximum Gasteiger partial charge on any atom is 0.309 e. The quantitative estimate of drug-likeness (QED) is 0.683. The van der Waals surface area contributed by atoms with Crippen LogP contribution >= 0.6 is 15.9 Å². The monoisotopic (exact) mass is 309 g/mol. The number of nitrogens with one attached hydrogen (secondary N) is 1. The molecule has 4 nitrogen and oxygen atoms in total. The number of carbonyl (C=O) groups is 1. The Hall–Kier alpha value is -1.24. The summed E-state index contributed by atoms with van der Waals surface area (Å²) in [4.78, 5) is 24.4. The smallest absolute Gasteiger partial charge is 0.309 e. The molecule has 0 aliphatic carbocycles. The number of pyridine rings is 1. The van der Waals surface area contributed by atoms with Crippen LogP contribution in [-0.4, -0.2) is 18.1 Å². The highest BCUT2D eigenvalue weighted by atomic mass is 79.9. The number of hydrogen-bond donors (Lipinski definition) is 1. The average molecular weight is 310 g/mol. The van der Waals surface area contributed by atoms with Crippen LogP contribution in [0.15, 0.2) is 10.9 Å². The van der Waals surface area contributed by atoms with Gasteiger partial charge >= 0.3 is 5.97 Å². The van der Waals surface area contributed by atoms with Crippen molar-refractivity contribution in [1.82, 2.24) is 4.98 Å². The van der Waals surface area contributed by atoms with Crippen LogP contribution in [0.25, 0.3) is 0 Å². The Bertz CT molecular complexity index is 473. The van der Waals surface area contributed by atoms with Crippen LogP contribution in [0, 0.1) is 0 Å². The first-order valence-electron chi connectivity index (χ1n) is 4.65. The molecular formula is C10H10BrF2NO3. The number of methoxy groups -OCH3 is 1. The highest BCUT2D eigenvalue weighted by molar-refractivity contribution is 9.08. The molecule has 0 atom stereocenters. The molecule has 0 amide bonds. The maximum absolute atomic E-state index is 12.7. The van der Waals surface area contributed by atoms with Gasteiger partial charge in [-0.3, -0.25) is 9.59 Å². The van der Waals surface area contributed by atoms with Crippen molar-refractivity contribution in [2.75, 3.05) is 7.11 Å². The van der Waals surface area contributed by atoms with Crippen LogP contribution < -0.4 is 5.56 Å². The molecule has 94 valence electrons. The number of carbonyl (C=O) groups excluding carboxylic acids is 1. The van der Waals surface area contributed by atoms with Gasteiger partial charge in [0, 0.05) is 11.4 Å². The van der Waals surface area contributed by atoms with Crippen molar-refractivity contribution >= 4 is 21.9 Å².